The minimum absolute atomic E-state index is 0.398. The number of aryl methyl sites for hydroxylation is 1. The lowest BCUT2D eigenvalue weighted by Crippen LogP contribution is -2.03. The first-order valence-corrected chi connectivity index (χ1v) is 5.28. The third-order valence-electron chi connectivity index (χ3n) is 2.76. The molecule has 0 aliphatic rings. The van der Waals surface area contributed by atoms with Crippen molar-refractivity contribution in [3.63, 3.8) is 0 Å². The van der Waals surface area contributed by atoms with Gasteiger partial charge in [-0.3, -0.25) is 4.40 Å². The second-order valence-corrected chi connectivity index (χ2v) is 3.83. The molecule has 1 aromatic carbocycles. The van der Waals surface area contributed by atoms with E-state index in [1.54, 1.807) is 10.7 Å². The zero-order chi connectivity index (χ0) is 11.8. The van der Waals surface area contributed by atoms with Crippen LogP contribution in [0.15, 0.2) is 36.7 Å². The second-order valence-electron chi connectivity index (χ2n) is 3.83. The molecule has 3 rings (SSSR count). The number of fused-ring (bicyclic) bond motifs is 1. The standard InChI is InChI=1S/C12H11N5/c1-8-10(9-5-3-2-4-6-9)15-12(13)17-7-14-16-11(8)17/h2-7H,1H3,(H2,13,15). The fourth-order valence-corrected chi connectivity index (χ4v) is 1.89. The molecule has 5 nitrogen and oxygen atoms in total. The predicted octanol–water partition coefficient (Wildman–Crippen LogP) is 1.68. The van der Waals surface area contributed by atoms with E-state index >= 15 is 0 Å². The van der Waals surface area contributed by atoms with Gasteiger partial charge in [0.05, 0.1) is 5.69 Å². The fraction of sp³-hybridized carbons (Fsp3) is 0.0833. The normalized spacial score (nSPS) is 10.9. The molecule has 0 amide bonds. The minimum atomic E-state index is 0.398. The average molecular weight is 225 g/mol. The third-order valence-corrected chi connectivity index (χ3v) is 2.76. The van der Waals surface area contributed by atoms with E-state index < -0.39 is 0 Å². The topological polar surface area (TPSA) is 69.1 Å². The summed E-state index contributed by atoms with van der Waals surface area (Å²) in [6.45, 7) is 1.97. The third kappa shape index (κ3) is 1.44. The van der Waals surface area contributed by atoms with Gasteiger partial charge in [0.2, 0.25) is 5.95 Å². The molecule has 0 aliphatic carbocycles. The number of nitrogens with zero attached hydrogens (tertiary/aromatic N) is 4. The Morgan fingerprint density at radius 3 is 2.71 bits per heavy atom. The highest BCUT2D eigenvalue weighted by Crippen LogP contribution is 2.24. The summed E-state index contributed by atoms with van der Waals surface area (Å²) in [7, 11) is 0. The number of aromatic nitrogens is 4. The van der Waals surface area contributed by atoms with E-state index in [1.165, 1.54) is 0 Å². The van der Waals surface area contributed by atoms with Crippen molar-refractivity contribution < 1.29 is 0 Å². The van der Waals surface area contributed by atoms with Gasteiger partial charge >= 0.3 is 0 Å². The average Bonchev–Trinajstić information content (AvgIpc) is 2.85. The lowest BCUT2D eigenvalue weighted by molar-refractivity contribution is 1.08. The number of nitrogen functional groups attached to an aromatic ring is 1. The molecule has 17 heavy (non-hydrogen) atoms. The van der Waals surface area contributed by atoms with Crippen LogP contribution < -0.4 is 5.73 Å². The number of rotatable bonds is 1. The lowest BCUT2D eigenvalue weighted by atomic mass is 10.1. The summed E-state index contributed by atoms with van der Waals surface area (Å²) in [6, 6.07) is 9.92. The van der Waals surface area contributed by atoms with Gasteiger partial charge in [0, 0.05) is 11.1 Å². The highest BCUT2D eigenvalue weighted by Gasteiger charge is 2.11. The Balaban J connectivity index is 2.34. The lowest BCUT2D eigenvalue weighted by Gasteiger charge is -2.08. The first kappa shape index (κ1) is 9.77. The van der Waals surface area contributed by atoms with Crippen molar-refractivity contribution >= 4 is 11.6 Å². The molecular weight excluding hydrogens is 214 g/mol. The van der Waals surface area contributed by atoms with Crippen LogP contribution in [0.25, 0.3) is 16.9 Å². The second kappa shape index (κ2) is 3.55. The van der Waals surface area contributed by atoms with E-state index in [-0.39, 0.29) is 0 Å². The summed E-state index contributed by atoms with van der Waals surface area (Å²) >= 11 is 0. The van der Waals surface area contributed by atoms with Gasteiger partial charge in [-0.1, -0.05) is 30.3 Å². The van der Waals surface area contributed by atoms with Crippen LogP contribution in [-0.2, 0) is 0 Å². The summed E-state index contributed by atoms with van der Waals surface area (Å²) in [4.78, 5) is 4.40. The quantitative estimate of drug-likeness (QED) is 0.684. The molecule has 0 spiro atoms. The largest absolute Gasteiger partial charge is 0.369 e. The Labute approximate surface area is 97.9 Å². The number of nitrogens with two attached hydrogens (primary N) is 1. The molecular formula is C12H11N5. The monoisotopic (exact) mass is 225 g/mol. The molecule has 0 bridgehead atoms. The Morgan fingerprint density at radius 1 is 1.18 bits per heavy atom. The van der Waals surface area contributed by atoms with Gasteiger partial charge in [-0.25, -0.2) is 4.98 Å². The Hall–Kier alpha value is -2.43. The van der Waals surface area contributed by atoms with Crippen LogP contribution in [-0.4, -0.2) is 19.6 Å². The van der Waals surface area contributed by atoms with E-state index in [2.05, 4.69) is 15.2 Å². The highest BCUT2D eigenvalue weighted by atomic mass is 15.3. The first-order chi connectivity index (χ1) is 8.27. The van der Waals surface area contributed by atoms with Crippen molar-refractivity contribution in [3.05, 3.63) is 42.2 Å². The first-order valence-electron chi connectivity index (χ1n) is 5.28. The molecule has 0 aliphatic heterocycles. The molecule has 2 aromatic heterocycles. The maximum absolute atomic E-state index is 5.88. The van der Waals surface area contributed by atoms with Crippen molar-refractivity contribution in [1.82, 2.24) is 19.6 Å². The van der Waals surface area contributed by atoms with Gasteiger partial charge in [-0.05, 0) is 6.92 Å². The Morgan fingerprint density at radius 2 is 1.94 bits per heavy atom. The summed E-state index contributed by atoms with van der Waals surface area (Å²) in [5, 5.41) is 7.91. The van der Waals surface area contributed by atoms with Crippen molar-refractivity contribution in [2.75, 3.05) is 5.73 Å². The van der Waals surface area contributed by atoms with Crippen LogP contribution >= 0.6 is 0 Å². The van der Waals surface area contributed by atoms with Crippen LogP contribution in [0.1, 0.15) is 5.56 Å². The van der Waals surface area contributed by atoms with Crippen molar-refractivity contribution in [3.8, 4) is 11.3 Å². The van der Waals surface area contributed by atoms with Crippen molar-refractivity contribution in [1.29, 1.82) is 0 Å². The van der Waals surface area contributed by atoms with E-state index in [0.717, 1.165) is 22.5 Å². The molecule has 0 unspecified atom stereocenters. The molecule has 0 radical (unpaired) electrons. The van der Waals surface area contributed by atoms with Gasteiger partial charge in [0.25, 0.3) is 0 Å². The van der Waals surface area contributed by atoms with Crippen LogP contribution in [0, 0.1) is 6.92 Å². The summed E-state index contributed by atoms with van der Waals surface area (Å²) in [6.07, 6.45) is 1.57. The minimum Gasteiger partial charge on any atom is -0.369 e. The SMILES string of the molecule is Cc1c(-c2ccccc2)nc(N)n2cnnc12. The van der Waals surface area contributed by atoms with Crippen molar-refractivity contribution in [2.45, 2.75) is 6.92 Å². The maximum Gasteiger partial charge on any atom is 0.207 e. The molecule has 0 saturated heterocycles. The van der Waals surface area contributed by atoms with Crippen LogP contribution in [0.2, 0.25) is 0 Å². The van der Waals surface area contributed by atoms with E-state index in [4.69, 9.17) is 5.73 Å². The zero-order valence-corrected chi connectivity index (χ0v) is 9.33. The molecule has 84 valence electrons. The number of hydrogen-bond acceptors (Lipinski definition) is 4. The predicted molar refractivity (Wildman–Crippen MR) is 65.4 cm³/mol. The van der Waals surface area contributed by atoms with Crippen LogP contribution in [0.5, 0.6) is 0 Å². The van der Waals surface area contributed by atoms with Gasteiger partial charge < -0.3 is 5.73 Å². The molecule has 0 fully saturated rings. The van der Waals surface area contributed by atoms with Gasteiger partial charge in [-0.15, -0.1) is 10.2 Å². The van der Waals surface area contributed by atoms with E-state index in [0.29, 0.717) is 5.95 Å². The number of anilines is 1. The maximum atomic E-state index is 5.88. The summed E-state index contributed by atoms with van der Waals surface area (Å²) in [5.41, 5.74) is 9.48. The van der Waals surface area contributed by atoms with Gasteiger partial charge in [-0.2, -0.15) is 0 Å². The molecule has 5 heteroatoms. The van der Waals surface area contributed by atoms with Gasteiger partial charge in [0.15, 0.2) is 5.65 Å². The fourth-order valence-electron chi connectivity index (χ4n) is 1.89. The zero-order valence-electron chi connectivity index (χ0n) is 9.33. The molecule has 0 atom stereocenters. The number of hydrogen-bond donors (Lipinski definition) is 1. The summed E-state index contributed by atoms with van der Waals surface area (Å²) < 4.78 is 1.68. The number of benzene rings is 1. The van der Waals surface area contributed by atoms with Crippen molar-refractivity contribution in [2.24, 2.45) is 0 Å². The Bertz CT molecular complexity index is 672. The molecule has 2 N–H and O–H groups in total. The Kier molecular flexibility index (Phi) is 2.04. The molecule has 2 heterocycles. The van der Waals surface area contributed by atoms with Crippen LogP contribution in [0.3, 0.4) is 0 Å². The molecule has 3 aromatic rings. The molecule has 0 saturated carbocycles. The van der Waals surface area contributed by atoms with Gasteiger partial charge in [0.1, 0.15) is 6.33 Å². The summed E-state index contributed by atoms with van der Waals surface area (Å²) in [5.74, 6) is 0.398. The highest BCUT2D eigenvalue weighted by molar-refractivity contribution is 5.70. The smallest absolute Gasteiger partial charge is 0.207 e. The van der Waals surface area contributed by atoms with E-state index in [1.807, 2.05) is 37.3 Å². The van der Waals surface area contributed by atoms with E-state index in [9.17, 15) is 0 Å². The van der Waals surface area contributed by atoms with Crippen LogP contribution in [0.4, 0.5) is 5.95 Å².